The minimum absolute atomic E-state index is 0.142. The molecule has 0 bridgehead atoms. The monoisotopic (exact) mass is 641 g/mol. The van der Waals surface area contributed by atoms with Gasteiger partial charge in [0, 0.05) is 19.5 Å². The lowest BCUT2D eigenvalue weighted by atomic mass is 10.0. The van der Waals surface area contributed by atoms with Crippen LogP contribution in [0.25, 0.3) is 0 Å². The van der Waals surface area contributed by atoms with Crippen LogP contribution in [0.4, 0.5) is 5.69 Å². The van der Waals surface area contributed by atoms with Crippen LogP contribution in [0.3, 0.4) is 0 Å². The van der Waals surface area contributed by atoms with Crippen molar-refractivity contribution < 1.29 is 22.7 Å². The molecule has 0 saturated carbocycles. The second kappa shape index (κ2) is 16.6. The van der Waals surface area contributed by atoms with Crippen molar-refractivity contribution in [2.45, 2.75) is 52.3 Å². The minimum atomic E-state index is -3.87. The number of hydrogen-bond donors (Lipinski definition) is 1. The number of carbonyl (C=O) groups is 2. The molecule has 0 heterocycles. The van der Waals surface area contributed by atoms with Gasteiger partial charge >= 0.3 is 0 Å². The lowest BCUT2D eigenvalue weighted by molar-refractivity contribution is -0.140. The number of unbranched alkanes of at least 4 members (excludes halogenated alkanes) is 1. The number of amides is 2. The zero-order valence-electron chi connectivity index (χ0n) is 26.8. The van der Waals surface area contributed by atoms with E-state index in [4.69, 9.17) is 4.74 Å². The first-order valence-electron chi connectivity index (χ1n) is 15.5. The third kappa shape index (κ3) is 10.2. The van der Waals surface area contributed by atoms with E-state index in [1.54, 1.807) is 24.3 Å². The lowest BCUT2D eigenvalue weighted by Crippen LogP contribution is -2.53. The van der Waals surface area contributed by atoms with Crippen molar-refractivity contribution in [2.24, 2.45) is 0 Å². The third-order valence-corrected chi connectivity index (χ3v) is 8.73. The number of aryl methyl sites for hydroxylation is 1. The van der Waals surface area contributed by atoms with Crippen LogP contribution in [0, 0.1) is 6.92 Å². The summed E-state index contributed by atoms with van der Waals surface area (Å²) in [6, 6.07) is 32.8. The fraction of sp³-hybridized carbons (Fsp3) is 0.297. The van der Waals surface area contributed by atoms with Crippen LogP contribution in [0.5, 0.6) is 5.75 Å². The average Bonchev–Trinajstić information content (AvgIpc) is 3.05. The fourth-order valence-electron chi connectivity index (χ4n) is 5.13. The number of nitrogens with one attached hydrogen (secondary N) is 1. The molecule has 0 aliphatic carbocycles. The van der Waals surface area contributed by atoms with Gasteiger partial charge < -0.3 is 15.0 Å². The highest BCUT2D eigenvalue weighted by molar-refractivity contribution is 7.92. The van der Waals surface area contributed by atoms with E-state index in [9.17, 15) is 18.0 Å². The zero-order chi connectivity index (χ0) is 32.9. The molecule has 8 nitrogen and oxygen atoms in total. The Morgan fingerprint density at radius 2 is 1.46 bits per heavy atom. The van der Waals surface area contributed by atoms with Gasteiger partial charge in [-0.25, -0.2) is 8.42 Å². The van der Waals surface area contributed by atoms with Gasteiger partial charge in [-0.2, -0.15) is 0 Å². The second-order valence-electron chi connectivity index (χ2n) is 11.4. The number of carbonyl (C=O) groups excluding carboxylic acids is 2. The Hall–Kier alpha value is -4.63. The molecule has 4 rings (SSSR count). The number of sulfonamides is 1. The summed E-state index contributed by atoms with van der Waals surface area (Å²) < 4.78 is 33.2. The van der Waals surface area contributed by atoms with E-state index in [0.717, 1.165) is 45.7 Å². The molecule has 0 radical (unpaired) electrons. The maximum absolute atomic E-state index is 14.3. The first kappa shape index (κ1) is 34.2. The van der Waals surface area contributed by atoms with Gasteiger partial charge in [0.25, 0.3) is 0 Å². The van der Waals surface area contributed by atoms with Crippen molar-refractivity contribution in [2.75, 3.05) is 23.7 Å². The molecule has 1 atom stereocenters. The number of benzene rings is 4. The summed E-state index contributed by atoms with van der Waals surface area (Å²) in [5.41, 5.74) is 4.09. The van der Waals surface area contributed by atoms with Crippen LogP contribution in [0.15, 0.2) is 109 Å². The largest absolute Gasteiger partial charge is 0.489 e. The van der Waals surface area contributed by atoms with Gasteiger partial charge in [0.05, 0.1) is 11.9 Å². The van der Waals surface area contributed by atoms with Crippen LogP contribution in [-0.2, 0) is 39.2 Å². The fourth-order valence-corrected chi connectivity index (χ4v) is 5.98. The van der Waals surface area contributed by atoms with Crippen molar-refractivity contribution in [3.05, 3.63) is 131 Å². The van der Waals surface area contributed by atoms with Crippen molar-refractivity contribution in [1.29, 1.82) is 0 Å². The van der Waals surface area contributed by atoms with Gasteiger partial charge in [-0.3, -0.25) is 13.9 Å². The molecule has 0 aliphatic rings. The lowest BCUT2D eigenvalue weighted by Gasteiger charge is -2.33. The van der Waals surface area contributed by atoms with Gasteiger partial charge in [0.15, 0.2) is 0 Å². The van der Waals surface area contributed by atoms with E-state index in [1.807, 2.05) is 98.8 Å². The third-order valence-electron chi connectivity index (χ3n) is 7.59. The number of anilines is 1. The molecule has 0 aromatic heterocycles. The topological polar surface area (TPSA) is 96.0 Å². The van der Waals surface area contributed by atoms with Gasteiger partial charge in [-0.05, 0) is 54.3 Å². The molecule has 9 heteroatoms. The van der Waals surface area contributed by atoms with Crippen molar-refractivity contribution in [1.82, 2.24) is 10.2 Å². The molecule has 46 heavy (non-hydrogen) atoms. The summed E-state index contributed by atoms with van der Waals surface area (Å²) in [5.74, 6) is -0.188. The molecular weight excluding hydrogens is 598 g/mol. The first-order valence-corrected chi connectivity index (χ1v) is 17.4. The van der Waals surface area contributed by atoms with Gasteiger partial charge in [0.2, 0.25) is 21.8 Å². The highest BCUT2D eigenvalue weighted by Crippen LogP contribution is 2.24. The summed E-state index contributed by atoms with van der Waals surface area (Å²) >= 11 is 0. The summed E-state index contributed by atoms with van der Waals surface area (Å²) in [5, 5.41) is 3.00. The summed E-state index contributed by atoms with van der Waals surface area (Å²) in [7, 11) is -3.87. The maximum atomic E-state index is 14.3. The van der Waals surface area contributed by atoms with Crippen LogP contribution in [-0.4, -0.2) is 50.5 Å². The van der Waals surface area contributed by atoms with Crippen molar-refractivity contribution in [3.63, 3.8) is 0 Å². The SMILES string of the molecule is CCCCNC(=O)[C@@H](Cc1ccccc1)N(Cc1cccc(C)c1)C(=O)CN(c1ccc(OCc2ccccc2)cc1)S(C)(=O)=O. The number of nitrogens with zero attached hydrogens (tertiary/aromatic N) is 2. The molecular formula is C37H43N3O5S. The molecule has 0 fully saturated rings. The molecule has 4 aromatic carbocycles. The predicted molar refractivity (Wildman–Crippen MR) is 183 cm³/mol. The average molecular weight is 642 g/mol. The minimum Gasteiger partial charge on any atom is -0.489 e. The molecule has 242 valence electrons. The van der Waals surface area contributed by atoms with Crippen LogP contribution >= 0.6 is 0 Å². The molecule has 0 saturated heterocycles. The number of rotatable bonds is 16. The molecule has 4 aromatic rings. The number of ether oxygens (including phenoxy) is 1. The Labute approximate surface area is 273 Å². The van der Waals surface area contributed by atoms with Crippen molar-refractivity contribution in [3.8, 4) is 5.75 Å². The Morgan fingerprint density at radius 3 is 2.07 bits per heavy atom. The second-order valence-corrected chi connectivity index (χ2v) is 13.3. The summed E-state index contributed by atoms with van der Waals surface area (Å²) in [6.45, 7) is 4.54. The molecule has 0 aliphatic heterocycles. The van der Waals surface area contributed by atoms with E-state index in [-0.39, 0.29) is 18.9 Å². The van der Waals surface area contributed by atoms with Crippen LogP contribution < -0.4 is 14.4 Å². The summed E-state index contributed by atoms with van der Waals surface area (Å²) in [6.07, 6.45) is 3.07. The zero-order valence-corrected chi connectivity index (χ0v) is 27.6. The summed E-state index contributed by atoms with van der Waals surface area (Å²) in [4.78, 5) is 29.5. The Bertz CT molecular complexity index is 1660. The smallest absolute Gasteiger partial charge is 0.244 e. The highest BCUT2D eigenvalue weighted by atomic mass is 32.2. The Kier molecular flexibility index (Phi) is 12.4. The normalized spacial score (nSPS) is 11.8. The van der Waals surface area contributed by atoms with E-state index < -0.39 is 28.5 Å². The van der Waals surface area contributed by atoms with Gasteiger partial charge in [0.1, 0.15) is 24.9 Å². The quantitative estimate of drug-likeness (QED) is 0.154. The van der Waals surface area contributed by atoms with E-state index >= 15 is 0 Å². The predicted octanol–water partition coefficient (Wildman–Crippen LogP) is 5.90. The highest BCUT2D eigenvalue weighted by Gasteiger charge is 2.33. The van der Waals surface area contributed by atoms with Crippen molar-refractivity contribution >= 4 is 27.5 Å². The van der Waals surface area contributed by atoms with Crippen LogP contribution in [0.2, 0.25) is 0 Å². The molecule has 0 spiro atoms. The number of hydrogen-bond acceptors (Lipinski definition) is 5. The Balaban J connectivity index is 1.63. The molecule has 1 N–H and O–H groups in total. The maximum Gasteiger partial charge on any atom is 0.244 e. The van der Waals surface area contributed by atoms with E-state index in [1.165, 1.54) is 4.90 Å². The molecule has 2 amide bonds. The standard InChI is InChI=1S/C37H43N3O5S/c1-4-5-23-38-37(42)35(25-30-14-8-6-9-15-30)39(26-32-18-12-13-29(2)24-32)36(41)27-40(46(3,43)44)33-19-21-34(22-20-33)45-28-31-16-10-7-11-17-31/h6-22,24,35H,4-5,23,25-28H2,1-3H3,(H,38,42)/t35-/m1/s1. The Morgan fingerprint density at radius 1 is 0.826 bits per heavy atom. The van der Waals surface area contributed by atoms with Gasteiger partial charge in [-0.1, -0.05) is 104 Å². The first-order chi connectivity index (χ1) is 22.1. The molecule has 0 unspecified atom stereocenters. The van der Waals surface area contributed by atoms with E-state index in [2.05, 4.69) is 5.32 Å². The van der Waals surface area contributed by atoms with Crippen LogP contribution in [0.1, 0.15) is 42.0 Å². The van der Waals surface area contributed by atoms with E-state index in [0.29, 0.717) is 24.6 Å². The van der Waals surface area contributed by atoms with Gasteiger partial charge in [-0.15, -0.1) is 0 Å².